The van der Waals surface area contributed by atoms with Crippen molar-refractivity contribution in [3.05, 3.63) is 59.4 Å². The molecule has 0 unspecified atom stereocenters. The number of H-pyrrole nitrogens is 1. The van der Waals surface area contributed by atoms with Crippen molar-refractivity contribution in [1.29, 1.82) is 0 Å². The smallest absolute Gasteiger partial charge is 0.248 e. The van der Waals surface area contributed by atoms with Crippen LogP contribution in [0.4, 0.5) is 0 Å². The predicted octanol–water partition coefficient (Wildman–Crippen LogP) is 1.40. The first-order valence-electron chi connectivity index (χ1n) is 5.47. The van der Waals surface area contributed by atoms with E-state index in [9.17, 15) is 4.79 Å². The first-order chi connectivity index (χ1) is 8.25. The molecule has 1 aromatic heterocycles. The van der Waals surface area contributed by atoms with E-state index in [1.54, 1.807) is 6.07 Å². The maximum Gasteiger partial charge on any atom is 0.248 e. The summed E-state index contributed by atoms with van der Waals surface area (Å²) in [6, 6.07) is 9.36. The molecule has 17 heavy (non-hydrogen) atoms. The van der Waals surface area contributed by atoms with Gasteiger partial charge in [0.2, 0.25) is 5.91 Å². The third kappa shape index (κ3) is 3.19. The van der Waals surface area contributed by atoms with Gasteiger partial charge in [-0.25, -0.2) is 0 Å². The first-order valence-corrected chi connectivity index (χ1v) is 5.47. The number of aromatic amines is 1. The van der Waals surface area contributed by atoms with E-state index in [1.807, 2.05) is 36.7 Å². The van der Waals surface area contributed by atoms with Gasteiger partial charge in [0.15, 0.2) is 0 Å². The minimum absolute atomic E-state index is 0.391. The van der Waals surface area contributed by atoms with Crippen molar-refractivity contribution in [2.45, 2.75) is 13.1 Å². The fourth-order valence-electron chi connectivity index (χ4n) is 1.65. The van der Waals surface area contributed by atoms with Gasteiger partial charge in [-0.15, -0.1) is 0 Å². The zero-order valence-corrected chi connectivity index (χ0v) is 9.44. The van der Waals surface area contributed by atoms with Crippen LogP contribution in [0.25, 0.3) is 0 Å². The molecular weight excluding hydrogens is 214 g/mol. The fraction of sp³-hybridized carbons (Fsp3) is 0.154. The van der Waals surface area contributed by atoms with E-state index in [4.69, 9.17) is 5.73 Å². The number of benzene rings is 1. The van der Waals surface area contributed by atoms with Crippen LogP contribution in [0.3, 0.4) is 0 Å². The Morgan fingerprint density at radius 1 is 1.24 bits per heavy atom. The van der Waals surface area contributed by atoms with Crippen molar-refractivity contribution in [2.24, 2.45) is 5.73 Å². The van der Waals surface area contributed by atoms with Crippen molar-refractivity contribution in [2.75, 3.05) is 0 Å². The lowest BCUT2D eigenvalue weighted by molar-refractivity contribution is 0.1000. The number of aromatic nitrogens is 1. The highest BCUT2D eigenvalue weighted by Crippen LogP contribution is 2.05. The molecule has 0 spiro atoms. The average molecular weight is 229 g/mol. The van der Waals surface area contributed by atoms with Crippen molar-refractivity contribution < 1.29 is 4.79 Å². The van der Waals surface area contributed by atoms with Crippen LogP contribution in [0.1, 0.15) is 21.5 Å². The third-order valence-electron chi connectivity index (χ3n) is 2.53. The lowest BCUT2D eigenvalue weighted by Crippen LogP contribution is -2.14. The van der Waals surface area contributed by atoms with Gasteiger partial charge in [-0.05, 0) is 29.3 Å². The Labute approximate surface area is 99.8 Å². The lowest BCUT2D eigenvalue weighted by Gasteiger charge is -2.04. The molecule has 0 fully saturated rings. The summed E-state index contributed by atoms with van der Waals surface area (Å²) in [4.78, 5) is 14.0. The molecule has 1 aromatic carbocycles. The molecule has 0 atom stereocenters. The molecule has 88 valence electrons. The SMILES string of the molecule is NC(=O)c1cccc(CNCc2cc[nH]c2)c1. The second kappa shape index (κ2) is 5.32. The number of amides is 1. The Morgan fingerprint density at radius 2 is 2.06 bits per heavy atom. The van der Waals surface area contributed by atoms with Crippen LogP contribution in [-0.4, -0.2) is 10.9 Å². The summed E-state index contributed by atoms with van der Waals surface area (Å²) in [6.45, 7) is 1.51. The van der Waals surface area contributed by atoms with E-state index in [0.717, 1.165) is 12.1 Å². The molecular formula is C13H15N3O. The van der Waals surface area contributed by atoms with Crippen LogP contribution in [-0.2, 0) is 13.1 Å². The number of primary amides is 1. The Kier molecular flexibility index (Phi) is 3.57. The Morgan fingerprint density at radius 3 is 2.76 bits per heavy atom. The standard InChI is InChI=1S/C13H15N3O/c14-13(17)12-3-1-2-10(6-12)7-16-9-11-4-5-15-8-11/h1-6,8,15-16H,7,9H2,(H2,14,17). The van der Waals surface area contributed by atoms with Gasteiger partial charge in [0.1, 0.15) is 0 Å². The quantitative estimate of drug-likeness (QED) is 0.725. The zero-order valence-electron chi connectivity index (χ0n) is 9.44. The minimum Gasteiger partial charge on any atom is -0.367 e. The Hall–Kier alpha value is -2.07. The maximum absolute atomic E-state index is 11.0. The molecule has 1 amide bonds. The first kappa shape index (κ1) is 11.4. The maximum atomic E-state index is 11.0. The topological polar surface area (TPSA) is 70.9 Å². The monoisotopic (exact) mass is 229 g/mol. The number of nitrogens with one attached hydrogen (secondary N) is 2. The Balaban J connectivity index is 1.90. The molecule has 0 aliphatic heterocycles. The van der Waals surface area contributed by atoms with E-state index < -0.39 is 5.91 Å². The molecule has 0 saturated carbocycles. The largest absolute Gasteiger partial charge is 0.367 e. The molecule has 4 heteroatoms. The van der Waals surface area contributed by atoms with Crippen molar-refractivity contribution in [1.82, 2.24) is 10.3 Å². The molecule has 0 saturated heterocycles. The molecule has 2 rings (SSSR count). The van der Waals surface area contributed by atoms with Crippen molar-refractivity contribution >= 4 is 5.91 Å². The van der Waals surface area contributed by atoms with E-state index >= 15 is 0 Å². The summed E-state index contributed by atoms with van der Waals surface area (Å²) < 4.78 is 0. The predicted molar refractivity (Wildman–Crippen MR) is 66.3 cm³/mol. The normalized spacial score (nSPS) is 10.4. The third-order valence-corrected chi connectivity index (χ3v) is 2.53. The van der Waals surface area contributed by atoms with Crippen LogP contribution in [0.5, 0.6) is 0 Å². The van der Waals surface area contributed by atoms with Gasteiger partial charge in [0.25, 0.3) is 0 Å². The number of nitrogens with two attached hydrogens (primary N) is 1. The highest BCUT2D eigenvalue weighted by Gasteiger charge is 2.01. The van der Waals surface area contributed by atoms with E-state index in [2.05, 4.69) is 10.3 Å². The van der Waals surface area contributed by atoms with Crippen LogP contribution in [0.15, 0.2) is 42.7 Å². The highest BCUT2D eigenvalue weighted by molar-refractivity contribution is 5.92. The van der Waals surface area contributed by atoms with Gasteiger partial charge < -0.3 is 16.0 Å². The van der Waals surface area contributed by atoms with Crippen molar-refractivity contribution in [3.63, 3.8) is 0 Å². The lowest BCUT2D eigenvalue weighted by atomic mass is 10.1. The highest BCUT2D eigenvalue weighted by atomic mass is 16.1. The second-order valence-electron chi connectivity index (χ2n) is 3.89. The summed E-state index contributed by atoms with van der Waals surface area (Å²) in [5, 5.41) is 3.30. The molecule has 2 aromatic rings. The molecule has 1 heterocycles. The number of rotatable bonds is 5. The van der Waals surface area contributed by atoms with E-state index in [-0.39, 0.29) is 0 Å². The number of carbonyl (C=O) groups excluding carboxylic acids is 1. The second-order valence-corrected chi connectivity index (χ2v) is 3.89. The zero-order chi connectivity index (χ0) is 12.1. The van der Waals surface area contributed by atoms with Gasteiger partial charge in [-0.2, -0.15) is 0 Å². The number of carbonyl (C=O) groups is 1. The Bertz CT molecular complexity index is 491. The molecule has 0 radical (unpaired) electrons. The van der Waals surface area contributed by atoms with E-state index in [0.29, 0.717) is 12.1 Å². The summed E-state index contributed by atoms with van der Waals surface area (Å²) >= 11 is 0. The van der Waals surface area contributed by atoms with Crippen LogP contribution in [0.2, 0.25) is 0 Å². The summed E-state index contributed by atoms with van der Waals surface area (Å²) in [6.07, 6.45) is 3.84. The van der Waals surface area contributed by atoms with Gasteiger partial charge in [0.05, 0.1) is 0 Å². The van der Waals surface area contributed by atoms with Crippen LogP contribution < -0.4 is 11.1 Å². The summed E-state index contributed by atoms with van der Waals surface area (Å²) in [5.41, 5.74) is 8.03. The summed E-state index contributed by atoms with van der Waals surface area (Å²) in [7, 11) is 0. The van der Waals surface area contributed by atoms with Crippen molar-refractivity contribution in [3.8, 4) is 0 Å². The van der Waals surface area contributed by atoms with Gasteiger partial charge >= 0.3 is 0 Å². The molecule has 0 aliphatic carbocycles. The van der Waals surface area contributed by atoms with Gasteiger partial charge in [0, 0.05) is 31.0 Å². The van der Waals surface area contributed by atoms with E-state index in [1.165, 1.54) is 5.56 Å². The molecule has 0 bridgehead atoms. The van der Waals surface area contributed by atoms with Crippen LogP contribution in [0, 0.1) is 0 Å². The molecule has 0 aliphatic rings. The number of hydrogen-bond acceptors (Lipinski definition) is 2. The van der Waals surface area contributed by atoms with Gasteiger partial charge in [-0.3, -0.25) is 4.79 Å². The average Bonchev–Trinajstić information content (AvgIpc) is 2.82. The minimum atomic E-state index is -0.391. The summed E-state index contributed by atoms with van der Waals surface area (Å²) in [5.74, 6) is -0.391. The number of hydrogen-bond donors (Lipinski definition) is 3. The fourth-order valence-corrected chi connectivity index (χ4v) is 1.65. The van der Waals surface area contributed by atoms with Crippen LogP contribution >= 0.6 is 0 Å². The van der Waals surface area contributed by atoms with Gasteiger partial charge in [-0.1, -0.05) is 12.1 Å². The molecule has 4 N–H and O–H groups in total. The molecule has 4 nitrogen and oxygen atoms in total.